The third-order valence-corrected chi connectivity index (χ3v) is 3.02. The summed E-state index contributed by atoms with van der Waals surface area (Å²) < 4.78 is 1.73. The van der Waals surface area contributed by atoms with Crippen LogP contribution in [-0.4, -0.2) is 20.9 Å². The number of hydrogen-bond donors (Lipinski definition) is 1. The predicted octanol–water partition coefficient (Wildman–Crippen LogP) is 2.50. The van der Waals surface area contributed by atoms with E-state index < -0.39 is 5.97 Å². The highest BCUT2D eigenvalue weighted by Gasteiger charge is 2.11. The minimum absolute atomic E-state index is 0.0986. The van der Waals surface area contributed by atoms with Crippen molar-refractivity contribution < 1.29 is 9.90 Å². The van der Waals surface area contributed by atoms with Gasteiger partial charge in [0.25, 0.3) is 0 Å². The van der Waals surface area contributed by atoms with E-state index in [1.807, 2.05) is 19.1 Å². The Morgan fingerprint density at radius 3 is 2.56 bits per heavy atom. The molecular formula is C14H16N2O2. The Morgan fingerprint density at radius 2 is 2.00 bits per heavy atom. The van der Waals surface area contributed by atoms with E-state index >= 15 is 0 Å². The van der Waals surface area contributed by atoms with E-state index in [4.69, 9.17) is 5.11 Å². The summed E-state index contributed by atoms with van der Waals surface area (Å²) in [6, 6.07) is 9.75. The average molecular weight is 244 g/mol. The van der Waals surface area contributed by atoms with Gasteiger partial charge in [0.1, 0.15) is 0 Å². The summed E-state index contributed by atoms with van der Waals surface area (Å²) in [5.74, 6) is -0.986. The molecule has 0 amide bonds. The number of carboxylic acids is 1. The van der Waals surface area contributed by atoms with Crippen molar-refractivity contribution in [1.82, 2.24) is 9.78 Å². The fourth-order valence-corrected chi connectivity index (χ4v) is 1.99. The molecule has 0 saturated heterocycles. The Hall–Kier alpha value is -2.10. The van der Waals surface area contributed by atoms with Gasteiger partial charge in [-0.1, -0.05) is 31.2 Å². The number of benzene rings is 1. The zero-order chi connectivity index (χ0) is 13.1. The van der Waals surface area contributed by atoms with Crippen LogP contribution < -0.4 is 0 Å². The summed E-state index contributed by atoms with van der Waals surface area (Å²) >= 11 is 0. The molecule has 0 unspecified atom stereocenters. The highest BCUT2D eigenvalue weighted by molar-refractivity contribution is 5.85. The second kappa shape index (κ2) is 5.04. The normalized spacial score (nSPS) is 10.6. The predicted molar refractivity (Wildman–Crippen MR) is 68.8 cm³/mol. The second-order valence-electron chi connectivity index (χ2n) is 4.26. The molecule has 4 heteroatoms. The lowest BCUT2D eigenvalue weighted by molar-refractivity contribution is 0.0689. The first kappa shape index (κ1) is 12.4. The highest BCUT2D eigenvalue weighted by Crippen LogP contribution is 2.13. The number of carbonyl (C=O) groups is 1. The molecule has 1 aromatic carbocycles. The minimum Gasteiger partial charge on any atom is -0.476 e. The van der Waals surface area contributed by atoms with E-state index in [1.54, 1.807) is 10.7 Å². The van der Waals surface area contributed by atoms with Crippen molar-refractivity contribution in [2.45, 2.75) is 26.8 Å². The van der Waals surface area contributed by atoms with Gasteiger partial charge in [0.05, 0.1) is 6.54 Å². The van der Waals surface area contributed by atoms with Crippen LogP contribution >= 0.6 is 0 Å². The van der Waals surface area contributed by atoms with Gasteiger partial charge >= 0.3 is 5.97 Å². The van der Waals surface area contributed by atoms with Gasteiger partial charge in [0, 0.05) is 5.69 Å². The molecule has 0 atom stereocenters. The maximum atomic E-state index is 10.9. The molecule has 0 aliphatic heterocycles. The van der Waals surface area contributed by atoms with E-state index in [9.17, 15) is 4.79 Å². The lowest BCUT2D eigenvalue weighted by atomic mass is 10.1. The van der Waals surface area contributed by atoms with Gasteiger partial charge in [-0.2, -0.15) is 5.10 Å². The molecule has 0 aliphatic carbocycles. The molecule has 18 heavy (non-hydrogen) atoms. The van der Waals surface area contributed by atoms with Crippen LogP contribution in [0.25, 0.3) is 0 Å². The number of aromatic carboxylic acids is 1. The van der Waals surface area contributed by atoms with Crippen molar-refractivity contribution in [2.24, 2.45) is 0 Å². The van der Waals surface area contributed by atoms with Gasteiger partial charge in [0.2, 0.25) is 0 Å². The van der Waals surface area contributed by atoms with Gasteiger partial charge in [0.15, 0.2) is 5.69 Å². The molecule has 2 aromatic rings. The van der Waals surface area contributed by atoms with Crippen molar-refractivity contribution in [3.63, 3.8) is 0 Å². The number of nitrogens with zero attached hydrogens (tertiary/aromatic N) is 2. The average Bonchev–Trinajstić information content (AvgIpc) is 2.72. The van der Waals surface area contributed by atoms with E-state index in [2.05, 4.69) is 24.2 Å². The fourth-order valence-electron chi connectivity index (χ4n) is 1.99. The molecular weight excluding hydrogens is 228 g/mol. The van der Waals surface area contributed by atoms with Gasteiger partial charge in [-0.05, 0) is 30.5 Å². The van der Waals surface area contributed by atoms with Gasteiger partial charge in [-0.15, -0.1) is 0 Å². The minimum atomic E-state index is -0.986. The Labute approximate surface area is 106 Å². The zero-order valence-corrected chi connectivity index (χ0v) is 10.6. The van der Waals surface area contributed by atoms with Gasteiger partial charge in [-0.3, -0.25) is 4.68 Å². The van der Waals surface area contributed by atoms with Crippen LogP contribution in [0.5, 0.6) is 0 Å². The molecule has 4 nitrogen and oxygen atoms in total. The van der Waals surface area contributed by atoms with Crippen molar-refractivity contribution in [3.05, 3.63) is 52.8 Å². The van der Waals surface area contributed by atoms with Crippen LogP contribution in [0.3, 0.4) is 0 Å². The van der Waals surface area contributed by atoms with Crippen LogP contribution in [0.15, 0.2) is 30.3 Å². The maximum absolute atomic E-state index is 10.9. The number of aryl methyl sites for hydroxylation is 2. The van der Waals surface area contributed by atoms with E-state index in [1.165, 1.54) is 11.1 Å². The molecule has 0 aliphatic rings. The monoisotopic (exact) mass is 244 g/mol. The summed E-state index contributed by atoms with van der Waals surface area (Å²) in [6.07, 6.45) is 0.961. The summed E-state index contributed by atoms with van der Waals surface area (Å²) in [5.41, 5.74) is 3.41. The van der Waals surface area contributed by atoms with E-state index in [-0.39, 0.29) is 5.69 Å². The lowest BCUT2D eigenvalue weighted by Crippen LogP contribution is -2.07. The van der Waals surface area contributed by atoms with Crippen molar-refractivity contribution in [3.8, 4) is 0 Å². The molecule has 1 aromatic heterocycles. The summed E-state index contributed by atoms with van der Waals surface area (Å²) in [7, 11) is 0. The second-order valence-corrected chi connectivity index (χ2v) is 4.26. The zero-order valence-electron chi connectivity index (χ0n) is 10.6. The standard InChI is InChI=1S/C14H16N2O2/c1-3-11-6-4-5-7-12(11)9-16-10(2)8-13(15-16)14(17)18/h4-8H,3,9H2,1-2H3,(H,17,18). The van der Waals surface area contributed by atoms with Crippen LogP contribution in [0, 0.1) is 6.92 Å². The van der Waals surface area contributed by atoms with Crippen molar-refractivity contribution in [2.75, 3.05) is 0 Å². The number of rotatable bonds is 4. The first-order valence-corrected chi connectivity index (χ1v) is 5.96. The summed E-state index contributed by atoms with van der Waals surface area (Å²) in [6.45, 7) is 4.59. The molecule has 1 N–H and O–H groups in total. The third kappa shape index (κ3) is 2.42. The van der Waals surface area contributed by atoms with E-state index in [0.29, 0.717) is 6.54 Å². The third-order valence-electron chi connectivity index (χ3n) is 3.02. The summed E-state index contributed by atoms with van der Waals surface area (Å²) in [5, 5.41) is 13.0. The van der Waals surface area contributed by atoms with Crippen LogP contribution in [-0.2, 0) is 13.0 Å². The molecule has 0 spiro atoms. The number of carboxylic acid groups (broad SMARTS) is 1. The molecule has 0 bridgehead atoms. The first-order chi connectivity index (χ1) is 8.61. The van der Waals surface area contributed by atoms with Gasteiger partial charge < -0.3 is 5.11 Å². The maximum Gasteiger partial charge on any atom is 0.356 e. The molecule has 1 heterocycles. The smallest absolute Gasteiger partial charge is 0.356 e. The van der Waals surface area contributed by atoms with Crippen LogP contribution in [0.2, 0.25) is 0 Å². The van der Waals surface area contributed by atoms with Crippen LogP contribution in [0.1, 0.15) is 34.2 Å². The Kier molecular flexibility index (Phi) is 3.46. The fraction of sp³-hybridized carbons (Fsp3) is 0.286. The lowest BCUT2D eigenvalue weighted by Gasteiger charge is -2.09. The largest absolute Gasteiger partial charge is 0.476 e. The Morgan fingerprint density at radius 1 is 1.33 bits per heavy atom. The van der Waals surface area contributed by atoms with Crippen LogP contribution in [0.4, 0.5) is 0 Å². The molecule has 0 fully saturated rings. The quantitative estimate of drug-likeness (QED) is 0.899. The van der Waals surface area contributed by atoms with Crippen molar-refractivity contribution >= 4 is 5.97 Å². The SMILES string of the molecule is CCc1ccccc1Cn1nc(C(=O)O)cc1C. The topological polar surface area (TPSA) is 55.1 Å². The first-order valence-electron chi connectivity index (χ1n) is 5.96. The Balaban J connectivity index is 2.31. The summed E-state index contributed by atoms with van der Waals surface area (Å²) in [4.78, 5) is 10.9. The Bertz CT molecular complexity index is 573. The van der Waals surface area contributed by atoms with Crippen molar-refractivity contribution in [1.29, 1.82) is 0 Å². The van der Waals surface area contributed by atoms with Gasteiger partial charge in [-0.25, -0.2) is 4.79 Å². The molecule has 2 rings (SSSR count). The van der Waals surface area contributed by atoms with E-state index in [0.717, 1.165) is 12.1 Å². The number of aromatic nitrogens is 2. The molecule has 0 radical (unpaired) electrons. The number of hydrogen-bond acceptors (Lipinski definition) is 2. The highest BCUT2D eigenvalue weighted by atomic mass is 16.4. The molecule has 0 saturated carbocycles. The molecule has 94 valence electrons.